The van der Waals surface area contributed by atoms with E-state index in [0.29, 0.717) is 36.1 Å². The first-order valence-corrected chi connectivity index (χ1v) is 29.1. The van der Waals surface area contributed by atoms with Gasteiger partial charge in [-0.25, -0.2) is 9.59 Å². The van der Waals surface area contributed by atoms with Crippen molar-refractivity contribution in [3.05, 3.63) is 65.7 Å². The predicted octanol–water partition coefficient (Wildman–Crippen LogP) is 4.98. The lowest BCUT2D eigenvalue weighted by molar-refractivity contribution is -0.145. The van der Waals surface area contributed by atoms with Gasteiger partial charge in [-0.2, -0.15) is 11.8 Å². The fraction of sp³-hybridized carbons (Fsp3) is 0.643. The van der Waals surface area contributed by atoms with E-state index >= 15 is 0 Å². The summed E-state index contributed by atoms with van der Waals surface area (Å²) in [5.41, 5.74) is 7.35. The Balaban J connectivity index is 1.65. The number of carbonyl (C=O) groups is 8. The number of thioether (sulfide) groups is 1. The largest absolute Gasteiger partial charge is 0.508 e. The van der Waals surface area contributed by atoms with E-state index in [9.17, 15) is 48.6 Å². The highest BCUT2D eigenvalue weighted by Crippen LogP contribution is 2.14. The van der Waals surface area contributed by atoms with E-state index in [1.165, 1.54) is 88.1 Å². The zero-order chi connectivity index (χ0) is 57.0. The maximum atomic E-state index is 13.8. The molecule has 0 saturated heterocycles. The minimum Gasteiger partial charge on any atom is -0.508 e. The molecule has 2 aromatic carbocycles. The summed E-state index contributed by atoms with van der Waals surface area (Å²) in [6, 6.07) is 10.3. The number of nitrogens with two attached hydrogens (primary N) is 1. The molecule has 0 fully saturated rings. The minimum absolute atomic E-state index is 0.00827. The molecule has 2 rings (SSSR count). The number of phenols is 1. The topological polar surface area (TPSA) is 312 Å². The van der Waals surface area contributed by atoms with Crippen molar-refractivity contribution in [3.8, 4) is 5.75 Å². The molecule has 78 heavy (non-hydrogen) atoms. The van der Waals surface area contributed by atoms with E-state index in [1.807, 2.05) is 0 Å². The molecule has 4 atom stereocenters. The van der Waals surface area contributed by atoms with Crippen LogP contribution in [0.25, 0.3) is 0 Å². The number of ether oxygens (including phenoxy) is 4. The zero-order valence-electron chi connectivity index (χ0n) is 46.0. The maximum Gasteiger partial charge on any atom is 0.407 e. The molecular weight excluding hydrogens is 1030 g/mol. The van der Waals surface area contributed by atoms with Crippen LogP contribution < -0.4 is 37.6 Å². The van der Waals surface area contributed by atoms with Crippen molar-refractivity contribution in [3.63, 3.8) is 0 Å². The molecule has 0 bridgehead atoms. The smallest absolute Gasteiger partial charge is 0.407 e. The van der Waals surface area contributed by atoms with Crippen molar-refractivity contribution < 1.29 is 67.5 Å². The molecule has 10 N–H and O–H groups in total. The summed E-state index contributed by atoms with van der Waals surface area (Å²) in [6.07, 6.45) is 18.8. The average Bonchev–Trinajstić information content (AvgIpc) is 3.42. The molecule has 0 aromatic heterocycles. The van der Waals surface area contributed by atoms with Gasteiger partial charge in [-0.15, -0.1) is 0 Å². The number of benzene rings is 2. The molecule has 6 amide bonds. The number of carbonyl (C=O) groups excluding carboxylic acids is 7. The molecule has 0 aliphatic heterocycles. The molecule has 0 aliphatic rings. The molecular formula is C56H89N7O14S. The summed E-state index contributed by atoms with van der Waals surface area (Å²) in [5.74, 6) is -4.51. The van der Waals surface area contributed by atoms with Gasteiger partial charge in [-0.1, -0.05) is 126 Å². The monoisotopic (exact) mass is 1120 g/mol. The summed E-state index contributed by atoms with van der Waals surface area (Å²) in [4.78, 5) is 102. The number of alkyl carbamates (subject to hydrolysis) is 1. The van der Waals surface area contributed by atoms with Crippen molar-refractivity contribution in [1.29, 1.82) is 0 Å². The second kappa shape index (κ2) is 43.9. The zero-order valence-corrected chi connectivity index (χ0v) is 46.8. The van der Waals surface area contributed by atoms with Crippen LogP contribution in [0, 0.1) is 0 Å². The van der Waals surface area contributed by atoms with Gasteiger partial charge >= 0.3 is 18.0 Å². The number of hydrogen-bond donors (Lipinski definition) is 9. The number of carboxylic acids is 1. The molecule has 0 aliphatic carbocycles. The molecule has 438 valence electrons. The SMILES string of the molecule is CCCCCCCCCCCCCCCC(=O)OCCOCCOCCOC(=O)NCCCC[C@H](NC(=O)[C@H](CCSC)NC(=O)[C@H](Cc1ccccc1)NC(=O)CNC(=O)CNC(=O)[C@@H](N)Cc1ccc(O)cc1)C(=O)O. The first-order chi connectivity index (χ1) is 37.7. The average molecular weight is 1120 g/mol. The third-order valence-electron chi connectivity index (χ3n) is 12.4. The van der Waals surface area contributed by atoms with Crippen LogP contribution in [0.1, 0.15) is 134 Å². The number of carboxylic acid groups (broad SMARTS) is 1. The van der Waals surface area contributed by atoms with Crippen molar-refractivity contribution in [2.24, 2.45) is 5.73 Å². The summed E-state index contributed by atoms with van der Waals surface area (Å²) in [7, 11) is 0. The predicted molar refractivity (Wildman–Crippen MR) is 298 cm³/mol. The molecule has 21 nitrogen and oxygen atoms in total. The van der Waals surface area contributed by atoms with E-state index < -0.39 is 78.9 Å². The van der Waals surface area contributed by atoms with E-state index in [4.69, 9.17) is 24.7 Å². The summed E-state index contributed by atoms with van der Waals surface area (Å²) in [6.45, 7) is 2.49. The molecule has 0 heterocycles. The van der Waals surface area contributed by atoms with Gasteiger partial charge in [0, 0.05) is 19.4 Å². The van der Waals surface area contributed by atoms with E-state index in [-0.39, 0.29) is 83.6 Å². The highest BCUT2D eigenvalue weighted by molar-refractivity contribution is 7.98. The Kier molecular flexibility index (Phi) is 38.4. The van der Waals surface area contributed by atoms with Gasteiger partial charge < -0.3 is 66.8 Å². The lowest BCUT2D eigenvalue weighted by atomic mass is 10.0. The third kappa shape index (κ3) is 34.7. The van der Waals surface area contributed by atoms with Crippen LogP contribution in [0.3, 0.4) is 0 Å². The highest BCUT2D eigenvalue weighted by atomic mass is 32.2. The Morgan fingerprint density at radius 2 is 1.10 bits per heavy atom. The van der Waals surface area contributed by atoms with Gasteiger partial charge in [0.05, 0.1) is 45.6 Å². The van der Waals surface area contributed by atoms with Crippen LogP contribution >= 0.6 is 11.8 Å². The van der Waals surface area contributed by atoms with E-state index in [2.05, 4.69) is 38.8 Å². The second-order valence-electron chi connectivity index (χ2n) is 19.0. The quantitative estimate of drug-likeness (QED) is 0.0312. The van der Waals surface area contributed by atoms with Gasteiger partial charge in [-0.3, -0.25) is 28.8 Å². The van der Waals surface area contributed by atoms with E-state index in [1.54, 1.807) is 48.7 Å². The van der Waals surface area contributed by atoms with Crippen molar-refractivity contribution in [1.82, 2.24) is 31.9 Å². The summed E-state index contributed by atoms with van der Waals surface area (Å²) < 4.78 is 21.2. The van der Waals surface area contributed by atoms with Crippen LogP contribution in [0.5, 0.6) is 5.75 Å². The molecule has 0 saturated carbocycles. The lowest BCUT2D eigenvalue weighted by Crippen LogP contribution is -2.57. The number of phenolic OH excluding ortho intramolecular Hbond substituents is 1. The fourth-order valence-electron chi connectivity index (χ4n) is 7.93. The molecule has 0 unspecified atom stereocenters. The Hall–Kier alpha value is -5.97. The Morgan fingerprint density at radius 3 is 1.72 bits per heavy atom. The number of aliphatic carboxylic acids is 1. The Bertz CT molecular complexity index is 2020. The van der Waals surface area contributed by atoms with Crippen LogP contribution in [0.4, 0.5) is 4.79 Å². The number of unbranched alkanes of at least 4 members (excludes halogenated alkanes) is 13. The molecule has 0 spiro atoms. The number of amides is 6. The van der Waals surface area contributed by atoms with Crippen molar-refractivity contribution in [2.75, 3.05) is 71.3 Å². The van der Waals surface area contributed by atoms with Gasteiger partial charge in [0.2, 0.25) is 29.5 Å². The summed E-state index contributed by atoms with van der Waals surface area (Å²) >= 11 is 1.41. The van der Waals surface area contributed by atoms with Crippen LogP contribution in [-0.4, -0.2) is 153 Å². The Labute approximate surface area is 465 Å². The van der Waals surface area contributed by atoms with Gasteiger partial charge in [-0.05, 0) is 73.8 Å². The van der Waals surface area contributed by atoms with Crippen LogP contribution in [0.15, 0.2) is 54.6 Å². The minimum atomic E-state index is -1.31. The fourth-order valence-corrected chi connectivity index (χ4v) is 8.40. The van der Waals surface area contributed by atoms with E-state index in [0.717, 1.165) is 19.3 Å². The Morgan fingerprint density at radius 1 is 0.551 bits per heavy atom. The normalized spacial score (nSPS) is 12.5. The van der Waals surface area contributed by atoms with Gasteiger partial charge in [0.25, 0.3) is 0 Å². The number of aromatic hydroxyl groups is 1. The van der Waals surface area contributed by atoms with Crippen LogP contribution in [0.2, 0.25) is 0 Å². The number of rotatable bonds is 46. The van der Waals surface area contributed by atoms with Crippen LogP contribution in [-0.2, 0) is 65.4 Å². The van der Waals surface area contributed by atoms with Gasteiger partial charge in [0.1, 0.15) is 37.1 Å². The molecule has 2 aromatic rings. The lowest BCUT2D eigenvalue weighted by Gasteiger charge is -2.25. The number of hydrogen-bond acceptors (Lipinski definition) is 15. The molecule has 22 heteroatoms. The standard InChI is InChI=1S/C56H89N7O14S/c1-3-4-5-6-7-8-9-10-11-12-13-14-18-24-51(67)76-35-33-74-31-32-75-34-36-77-56(73)58-30-20-19-23-47(55(71)72)63-53(69)46(29-37-78-2)62-54(70)48(39-42-21-16-15-17-22-42)61-50(66)41-59-49(65)40-60-52(68)45(57)38-43-25-27-44(64)28-26-43/h15-17,21-22,25-28,45-48,64H,3-14,18-20,23-24,29-41,57H2,1-2H3,(H,58,73)(H,59,65)(H,60,68)(H,61,66)(H,62,70)(H,63,69)(H,71,72)/t45-,46-,47-,48-/m0/s1. The second-order valence-corrected chi connectivity index (χ2v) is 20.0. The number of nitrogens with one attached hydrogen (secondary N) is 6. The summed E-state index contributed by atoms with van der Waals surface area (Å²) in [5, 5.41) is 34.6. The van der Waals surface area contributed by atoms with Gasteiger partial charge in [0.15, 0.2) is 0 Å². The maximum absolute atomic E-state index is 13.8. The first kappa shape index (κ1) is 68.1. The van der Waals surface area contributed by atoms with Crippen molar-refractivity contribution >= 4 is 59.3 Å². The number of esters is 1. The molecule has 0 radical (unpaired) electrons. The first-order valence-electron chi connectivity index (χ1n) is 27.7. The highest BCUT2D eigenvalue weighted by Gasteiger charge is 2.30. The third-order valence-corrected chi connectivity index (χ3v) is 13.0. The van der Waals surface area contributed by atoms with Crippen molar-refractivity contribution in [2.45, 2.75) is 160 Å².